The van der Waals surface area contributed by atoms with Gasteiger partial charge in [-0.05, 0) is 19.6 Å². The highest BCUT2D eigenvalue weighted by Crippen LogP contribution is 2.26. The predicted octanol–water partition coefficient (Wildman–Crippen LogP) is 2.20. The molecule has 0 rings (SSSR count). The van der Waals surface area contributed by atoms with Gasteiger partial charge in [-0.25, -0.2) is 0 Å². The molecule has 0 N–H and O–H groups in total. The van der Waals surface area contributed by atoms with Crippen molar-refractivity contribution in [3.8, 4) is 0 Å². The highest BCUT2D eigenvalue weighted by atomic mass is 28.4. The Morgan fingerprint density at radius 2 is 1.93 bits per heavy atom. The summed E-state index contributed by atoms with van der Waals surface area (Å²) in [6, 6.07) is 0. The maximum absolute atomic E-state index is 11.1. The third-order valence-corrected chi connectivity index (χ3v) is 2.87. The molecule has 0 aromatic carbocycles. The Hall–Kier alpha value is -0.453. The van der Waals surface area contributed by atoms with E-state index in [9.17, 15) is 4.79 Å². The standard InChI is InChI=1S/C10H20O3Si/c1-7-9(2)10(8-11,12-3)13-14(4,5)6/h7-9H,1H2,2-6H3. The molecular weight excluding hydrogens is 196 g/mol. The Balaban J connectivity index is 4.88. The van der Waals surface area contributed by atoms with Gasteiger partial charge in [0.15, 0.2) is 14.6 Å². The topological polar surface area (TPSA) is 35.5 Å². The molecule has 0 radical (unpaired) electrons. The second-order valence-corrected chi connectivity index (χ2v) is 8.71. The van der Waals surface area contributed by atoms with Gasteiger partial charge < -0.3 is 9.16 Å². The number of methoxy groups -OCH3 is 1. The summed E-state index contributed by atoms with van der Waals surface area (Å²) in [6.45, 7) is 11.5. The fourth-order valence-electron chi connectivity index (χ4n) is 1.14. The average molecular weight is 216 g/mol. The summed E-state index contributed by atoms with van der Waals surface area (Å²) < 4.78 is 10.9. The Bertz CT molecular complexity index is 210. The monoisotopic (exact) mass is 216 g/mol. The number of hydrogen-bond acceptors (Lipinski definition) is 3. The van der Waals surface area contributed by atoms with Gasteiger partial charge in [0.2, 0.25) is 5.79 Å². The summed E-state index contributed by atoms with van der Waals surface area (Å²) in [5.41, 5.74) is 0. The minimum atomic E-state index is -1.82. The van der Waals surface area contributed by atoms with E-state index in [1.54, 1.807) is 6.08 Å². The quantitative estimate of drug-likeness (QED) is 0.295. The van der Waals surface area contributed by atoms with E-state index >= 15 is 0 Å². The van der Waals surface area contributed by atoms with Crippen molar-refractivity contribution in [2.45, 2.75) is 32.4 Å². The van der Waals surface area contributed by atoms with Crippen LogP contribution in [0.4, 0.5) is 0 Å². The Labute approximate surface area is 87.2 Å². The Morgan fingerprint density at radius 1 is 1.43 bits per heavy atom. The van der Waals surface area contributed by atoms with E-state index in [4.69, 9.17) is 9.16 Å². The molecule has 0 spiro atoms. The van der Waals surface area contributed by atoms with Crippen molar-refractivity contribution in [1.82, 2.24) is 0 Å². The molecule has 0 heterocycles. The van der Waals surface area contributed by atoms with E-state index < -0.39 is 14.1 Å². The third kappa shape index (κ3) is 3.36. The van der Waals surface area contributed by atoms with Crippen LogP contribution < -0.4 is 0 Å². The normalized spacial score (nSPS) is 18.4. The van der Waals surface area contributed by atoms with Gasteiger partial charge in [0.25, 0.3) is 0 Å². The lowest BCUT2D eigenvalue weighted by molar-refractivity contribution is -0.186. The zero-order chi connectivity index (χ0) is 11.4. The molecule has 2 atom stereocenters. The van der Waals surface area contributed by atoms with Gasteiger partial charge in [0.1, 0.15) is 0 Å². The van der Waals surface area contributed by atoms with Gasteiger partial charge in [-0.2, -0.15) is 0 Å². The van der Waals surface area contributed by atoms with E-state index in [1.807, 2.05) is 26.6 Å². The fourth-order valence-corrected chi connectivity index (χ4v) is 2.42. The highest BCUT2D eigenvalue weighted by Gasteiger charge is 2.40. The fraction of sp³-hybridized carbons (Fsp3) is 0.700. The van der Waals surface area contributed by atoms with E-state index in [0.717, 1.165) is 6.29 Å². The second-order valence-electron chi connectivity index (χ2n) is 4.28. The van der Waals surface area contributed by atoms with Crippen molar-refractivity contribution < 1.29 is 14.0 Å². The van der Waals surface area contributed by atoms with Crippen LogP contribution in [0.15, 0.2) is 12.7 Å². The average Bonchev–Trinajstić information content (AvgIpc) is 2.11. The maximum atomic E-state index is 11.1. The SMILES string of the molecule is C=CC(C)C(C=O)(OC)O[Si](C)(C)C. The molecule has 0 aromatic rings. The molecule has 0 aromatic heterocycles. The number of carbonyl (C=O) groups excluding carboxylic acids is 1. The zero-order valence-corrected chi connectivity index (χ0v) is 10.7. The molecule has 0 aliphatic carbocycles. The van der Waals surface area contributed by atoms with Gasteiger partial charge in [0, 0.05) is 13.0 Å². The van der Waals surface area contributed by atoms with Crippen molar-refractivity contribution >= 4 is 14.6 Å². The van der Waals surface area contributed by atoms with Crippen LogP contribution in [0.25, 0.3) is 0 Å². The molecule has 0 bridgehead atoms. The number of carbonyl (C=O) groups is 1. The van der Waals surface area contributed by atoms with E-state index in [1.165, 1.54) is 7.11 Å². The Morgan fingerprint density at radius 3 is 2.14 bits per heavy atom. The molecule has 0 amide bonds. The summed E-state index contributed by atoms with van der Waals surface area (Å²) >= 11 is 0. The lowest BCUT2D eigenvalue weighted by atomic mass is 10.0. The number of rotatable bonds is 6. The van der Waals surface area contributed by atoms with Gasteiger partial charge in [-0.15, -0.1) is 6.58 Å². The van der Waals surface area contributed by atoms with Crippen LogP contribution in [0.5, 0.6) is 0 Å². The summed E-state index contributed by atoms with van der Waals surface area (Å²) in [5, 5.41) is 0. The first-order valence-corrected chi connectivity index (χ1v) is 8.06. The minimum Gasteiger partial charge on any atom is -0.385 e. The predicted molar refractivity (Wildman–Crippen MR) is 59.6 cm³/mol. The van der Waals surface area contributed by atoms with Crippen molar-refractivity contribution in [2.24, 2.45) is 5.92 Å². The van der Waals surface area contributed by atoms with Gasteiger partial charge in [-0.3, -0.25) is 4.79 Å². The van der Waals surface area contributed by atoms with Gasteiger partial charge >= 0.3 is 0 Å². The van der Waals surface area contributed by atoms with Crippen molar-refractivity contribution in [1.29, 1.82) is 0 Å². The molecule has 2 unspecified atom stereocenters. The van der Waals surface area contributed by atoms with Gasteiger partial charge in [-0.1, -0.05) is 13.0 Å². The molecular formula is C10H20O3Si. The maximum Gasteiger partial charge on any atom is 0.222 e. The first kappa shape index (κ1) is 13.5. The molecule has 4 heteroatoms. The number of ether oxygens (including phenoxy) is 1. The molecule has 0 aliphatic rings. The van der Waals surface area contributed by atoms with E-state index in [2.05, 4.69) is 6.58 Å². The Kier molecular flexibility index (Phi) is 4.71. The summed E-state index contributed by atoms with van der Waals surface area (Å²) in [4.78, 5) is 11.1. The van der Waals surface area contributed by atoms with Crippen LogP contribution in [0.2, 0.25) is 19.6 Å². The summed E-state index contributed by atoms with van der Waals surface area (Å²) in [7, 11) is -0.337. The lowest BCUT2D eigenvalue weighted by Crippen LogP contribution is -2.49. The van der Waals surface area contributed by atoms with Crippen LogP contribution in [-0.4, -0.2) is 27.5 Å². The van der Waals surface area contributed by atoms with Crippen LogP contribution in [0.3, 0.4) is 0 Å². The first-order chi connectivity index (χ1) is 6.31. The van der Waals surface area contributed by atoms with Crippen molar-refractivity contribution in [3.63, 3.8) is 0 Å². The molecule has 3 nitrogen and oxygen atoms in total. The molecule has 14 heavy (non-hydrogen) atoms. The van der Waals surface area contributed by atoms with E-state index in [-0.39, 0.29) is 5.92 Å². The van der Waals surface area contributed by atoms with Crippen LogP contribution in [0.1, 0.15) is 6.92 Å². The van der Waals surface area contributed by atoms with Gasteiger partial charge in [0.05, 0.1) is 0 Å². The van der Waals surface area contributed by atoms with Crippen molar-refractivity contribution in [2.75, 3.05) is 7.11 Å². The molecule has 82 valence electrons. The van der Waals surface area contributed by atoms with Crippen LogP contribution >= 0.6 is 0 Å². The number of hydrogen-bond donors (Lipinski definition) is 0. The number of aldehydes is 1. The molecule has 0 saturated carbocycles. The molecule has 0 saturated heterocycles. The summed E-state index contributed by atoms with van der Waals surface area (Å²) in [6.07, 6.45) is 2.38. The molecule has 0 aliphatic heterocycles. The highest BCUT2D eigenvalue weighted by molar-refractivity contribution is 6.69. The van der Waals surface area contributed by atoms with E-state index in [0.29, 0.717) is 0 Å². The van der Waals surface area contributed by atoms with Crippen molar-refractivity contribution in [3.05, 3.63) is 12.7 Å². The molecule has 0 fully saturated rings. The summed E-state index contributed by atoms with van der Waals surface area (Å²) in [5.74, 6) is -1.32. The second kappa shape index (κ2) is 4.86. The largest absolute Gasteiger partial charge is 0.385 e. The minimum absolute atomic E-state index is 0.156. The zero-order valence-electron chi connectivity index (χ0n) is 9.66. The van der Waals surface area contributed by atoms with Crippen LogP contribution in [-0.2, 0) is 14.0 Å². The lowest BCUT2D eigenvalue weighted by Gasteiger charge is -2.36. The smallest absolute Gasteiger partial charge is 0.222 e. The first-order valence-electron chi connectivity index (χ1n) is 4.65. The van der Waals surface area contributed by atoms with Crippen LogP contribution in [0, 0.1) is 5.92 Å². The third-order valence-electron chi connectivity index (χ3n) is 1.94.